The first kappa shape index (κ1) is 55.2. The first-order valence-corrected chi connectivity index (χ1v) is 32.3. The minimum atomic E-state index is 0.821. The molecule has 0 spiro atoms. The van der Waals surface area contributed by atoms with E-state index in [1.807, 2.05) is 127 Å². The third-order valence-electron chi connectivity index (χ3n) is 17.6. The molecule has 0 aliphatic carbocycles. The predicted molar refractivity (Wildman–Crippen MR) is 383 cm³/mol. The van der Waals surface area contributed by atoms with Gasteiger partial charge in [-0.1, -0.05) is 231 Å². The summed E-state index contributed by atoms with van der Waals surface area (Å²) in [7, 11) is 0. The van der Waals surface area contributed by atoms with Gasteiger partial charge in [-0.3, -0.25) is 18.7 Å². The Bertz CT molecular complexity index is 5520. The molecule has 11 heteroatoms. The molecule has 0 fully saturated rings. The molecule has 0 N–H and O–H groups in total. The third-order valence-corrected chi connectivity index (χ3v) is 18.8. The molecule has 17 aromatic rings. The van der Waals surface area contributed by atoms with Crippen LogP contribution in [0.5, 0.6) is 34.5 Å². The lowest BCUT2D eigenvalue weighted by molar-refractivity contribution is 0.477. The molecule has 0 saturated heterocycles. The molecule has 12 aromatic carbocycles. The summed E-state index contributed by atoms with van der Waals surface area (Å²) in [6.45, 7) is 0. The Labute approximate surface area is 550 Å². The van der Waals surface area contributed by atoms with Crippen LogP contribution in [0.3, 0.4) is 0 Å². The van der Waals surface area contributed by atoms with E-state index in [0.29, 0.717) is 0 Å². The van der Waals surface area contributed by atoms with Gasteiger partial charge in [0.2, 0.25) is 0 Å². The number of benzene rings is 12. The van der Waals surface area contributed by atoms with E-state index in [2.05, 4.69) is 213 Å². The van der Waals surface area contributed by atoms with Crippen molar-refractivity contribution >= 4 is 44.4 Å². The van der Waals surface area contributed by atoms with Crippen LogP contribution in [0.4, 0.5) is 0 Å². The largest absolute Gasteiger partial charge is 0.452 e. The first-order chi connectivity index (χ1) is 47.1. The van der Waals surface area contributed by atoms with E-state index in [9.17, 15) is 0 Å². The second-order valence-electron chi connectivity index (χ2n) is 23.3. The van der Waals surface area contributed by atoms with Gasteiger partial charge in [0.05, 0.1) is 33.6 Å². The molecule has 0 bridgehead atoms. The number of nitrogens with zero attached hydrogens (tertiary/aromatic N) is 7. The molecule has 20 rings (SSSR count). The van der Waals surface area contributed by atoms with Crippen LogP contribution in [-0.4, -0.2) is 33.6 Å². The average Bonchev–Trinajstić information content (AvgIpc) is 1.67. The summed E-state index contributed by atoms with van der Waals surface area (Å²) in [5.74, 6) is 7.80. The first-order valence-electron chi connectivity index (χ1n) is 31.5. The Morgan fingerprint density at radius 3 is 0.905 bits per heavy atom. The molecule has 0 saturated carbocycles. The molecule has 95 heavy (non-hydrogen) atoms. The Morgan fingerprint density at radius 2 is 0.537 bits per heavy atom. The van der Waals surface area contributed by atoms with Crippen molar-refractivity contribution in [3.63, 3.8) is 0 Å². The molecule has 0 unspecified atom stereocenters. The number of rotatable bonds is 8. The van der Waals surface area contributed by atoms with Gasteiger partial charge < -0.3 is 14.2 Å². The Morgan fingerprint density at radius 1 is 0.242 bits per heavy atom. The summed E-state index contributed by atoms with van der Waals surface area (Å²) in [4.78, 5) is 21.6. The van der Waals surface area contributed by atoms with E-state index in [1.54, 1.807) is 12.4 Å². The molecular weight excluding hydrogens is 1190 g/mol. The van der Waals surface area contributed by atoms with Crippen LogP contribution >= 0.6 is 11.3 Å². The van der Waals surface area contributed by atoms with E-state index in [4.69, 9.17) is 29.2 Å². The van der Waals surface area contributed by atoms with Gasteiger partial charge >= 0.3 is 0 Å². The van der Waals surface area contributed by atoms with Crippen molar-refractivity contribution in [2.75, 3.05) is 0 Å². The summed E-state index contributed by atoms with van der Waals surface area (Å²) in [5.41, 5.74) is 21.0. The number of hydrogen-bond acceptors (Lipinski definition) is 8. The maximum absolute atomic E-state index is 6.59. The van der Waals surface area contributed by atoms with Gasteiger partial charge in [0.25, 0.3) is 0 Å². The number of fused-ring (bicyclic) bond motifs is 6. The fourth-order valence-electron chi connectivity index (χ4n) is 13.2. The van der Waals surface area contributed by atoms with E-state index in [1.165, 1.54) is 20.9 Å². The summed E-state index contributed by atoms with van der Waals surface area (Å²) in [6.07, 6.45) is 3.60. The lowest BCUT2D eigenvalue weighted by Gasteiger charge is -2.23. The molecule has 3 aliphatic rings. The van der Waals surface area contributed by atoms with E-state index >= 15 is 0 Å². The Hall–Kier alpha value is -12.7. The predicted octanol–water partition coefficient (Wildman–Crippen LogP) is 22.2. The molecule has 0 atom stereocenters. The standard InChI is InChI=1S/C35H22N2OS.C25H16N2O.C24H15N3O/c1-3-9-24(10-4-1)31-21-22-32(39-31)25-19-17-23(18-20-25)27-13-7-15-29-34(27)38-30-16-8-14-28-33(30)37(29)35(36-28)26-11-5-2-6-12-26;1-3-9-17(10-4-1)19-13-7-15-21-24(19)28-22-16-8-14-20-23(22)27(21)25(26-20)18-11-5-2-6-12-18;1-2-6-17(7-3-1)24-26-19-9-5-11-21-22(19)27(24)20-10-4-8-18(23(20)28-21)16-12-14-25-15-13-16/h1-22H;1-16H;1-15H. The van der Waals surface area contributed by atoms with Gasteiger partial charge in [0, 0.05) is 55.5 Å². The smallest absolute Gasteiger partial charge is 0.159 e. The van der Waals surface area contributed by atoms with Crippen molar-refractivity contribution in [1.29, 1.82) is 0 Å². The monoisotopic (exact) mass is 1240 g/mol. The molecule has 0 radical (unpaired) electrons. The van der Waals surface area contributed by atoms with E-state index in [-0.39, 0.29) is 0 Å². The highest BCUT2D eigenvalue weighted by atomic mass is 32.1. The number of imidazole rings is 3. The van der Waals surface area contributed by atoms with Gasteiger partial charge in [-0.15, -0.1) is 11.3 Å². The van der Waals surface area contributed by atoms with Crippen molar-refractivity contribution in [2.45, 2.75) is 0 Å². The summed E-state index contributed by atoms with van der Waals surface area (Å²) in [6, 6.07) is 106. The van der Waals surface area contributed by atoms with Gasteiger partial charge in [0.1, 0.15) is 34.0 Å². The van der Waals surface area contributed by atoms with Gasteiger partial charge in [-0.25, -0.2) is 15.0 Å². The zero-order chi connectivity index (χ0) is 62.8. The van der Waals surface area contributed by atoms with E-state index in [0.717, 1.165) is 152 Å². The second-order valence-corrected chi connectivity index (χ2v) is 24.3. The molecule has 8 heterocycles. The molecular formula is C84H53N7O3S. The zero-order valence-electron chi connectivity index (χ0n) is 50.9. The number of ether oxygens (including phenoxy) is 3. The number of pyridine rings is 1. The van der Waals surface area contributed by atoms with Gasteiger partial charge in [-0.2, -0.15) is 0 Å². The fourth-order valence-corrected chi connectivity index (χ4v) is 14.2. The minimum Gasteiger partial charge on any atom is -0.452 e. The van der Waals surface area contributed by atoms with Crippen molar-refractivity contribution in [1.82, 2.24) is 33.6 Å². The summed E-state index contributed by atoms with van der Waals surface area (Å²) in [5, 5.41) is 0. The fraction of sp³-hybridized carbons (Fsp3) is 0. The number of thiophene rings is 1. The van der Waals surface area contributed by atoms with Crippen LogP contribution in [-0.2, 0) is 0 Å². The van der Waals surface area contributed by atoms with Crippen molar-refractivity contribution in [2.24, 2.45) is 0 Å². The maximum Gasteiger partial charge on any atom is 0.159 e. The lowest BCUT2D eigenvalue weighted by atomic mass is 10.0. The quantitative estimate of drug-likeness (QED) is 0.150. The molecule has 5 aromatic heterocycles. The highest BCUT2D eigenvalue weighted by Gasteiger charge is 2.31. The number of aromatic nitrogens is 7. The van der Waals surface area contributed by atoms with Crippen molar-refractivity contribution in [3.05, 3.63) is 322 Å². The maximum atomic E-state index is 6.59. The van der Waals surface area contributed by atoms with Crippen LogP contribution in [0.2, 0.25) is 0 Å². The minimum absolute atomic E-state index is 0.821. The SMILES string of the molecule is c1ccc(-c2ccc(-c3ccc(-c4cccc5c4Oc4cccc6nc(-c7ccccc7)n-5c46)cc3)s2)cc1.c1ccc(-c2cccc3c2Oc2cccc4nc(-c5ccccc5)n-3c24)cc1.c1ccc(-c2nc3cccc4c3n2-c2cccc(-c3ccncc3)c2O4)cc1. The van der Waals surface area contributed by atoms with Crippen LogP contribution in [0.15, 0.2) is 322 Å². The molecule has 10 nitrogen and oxygen atoms in total. The van der Waals surface area contributed by atoms with Crippen LogP contribution in [0, 0.1) is 0 Å². The lowest BCUT2D eigenvalue weighted by Crippen LogP contribution is -2.06. The molecule has 448 valence electrons. The van der Waals surface area contributed by atoms with Crippen LogP contribution < -0.4 is 14.2 Å². The van der Waals surface area contributed by atoms with Gasteiger partial charge in [-0.05, 0) is 107 Å². The summed E-state index contributed by atoms with van der Waals surface area (Å²) < 4.78 is 26.1. The third kappa shape index (κ3) is 9.64. The zero-order valence-corrected chi connectivity index (χ0v) is 51.7. The second kappa shape index (κ2) is 23.2. The van der Waals surface area contributed by atoms with Crippen LogP contribution in [0.1, 0.15) is 0 Å². The normalized spacial score (nSPS) is 11.8. The van der Waals surface area contributed by atoms with Crippen LogP contribution in [0.25, 0.3) is 139 Å². The Kier molecular flexibility index (Phi) is 13.5. The number of para-hydroxylation sites is 6. The Balaban J connectivity index is 0.000000106. The van der Waals surface area contributed by atoms with Gasteiger partial charge in [0.15, 0.2) is 34.5 Å². The highest BCUT2D eigenvalue weighted by Crippen LogP contribution is 2.51. The van der Waals surface area contributed by atoms with Crippen molar-refractivity contribution in [3.8, 4) is 140 Å². The molecule has 3 aliphatic heterocycles. The number of hydrogen-bond donors (Lipinski definition) is 0. The van der Waals surface area contributed by atoms with E-state index < -0.39 is 0 Å². The summed E-state index contributed by atoms with van der Waals surface area (Å²) >= 11 is 1.82. The highest BCUT2D eigenvalue weighted by molar-refractivity contribution is 7.18. The average molecular weight is 1240 g/mol. The van der Waals surface area contributed by atoms with Crippen molar-refractivity contribution < 1.29 is 14.2 Å². The molecule has 0 amide bonds. The topological polar surface area (TPSA) is 94.0 Å².